The number of hydrogen-bond donors (Lipinski definition) is 3. The molecule has 0 saturated heterocycles. The first kappa shape index (κ1) is 16.7. The van der Waals surface area contributed by atoms with E-state index in [9.17, 15) is 14.4 Å². The topological polar surface area (TPSA) is 95.5 Å². The van der Waals surface area contributed by atoms with Gasteiger partial charge in [-0.05, 0) is 30.2 Å². The Morgan fingerprint density at radius 2 is 1.81 bits per heavy atom. The van der Waals surface area contributed by atoms with E-state index in [2.05, 4.69) is 10.6 Å². The quantitative estimate of drug-likeness (QED) is 0.715. The van der Waals surface area contributed by atoms with E-state index < -0.39 is 18.4 Å². The molecule has 1 unspecified atom stereocenters. The van der Waals surface area contributed by atoms with Gasteiger partial charge in [-0.15, -0.1) is 0 Å². The first-order valence-electron chi connectivity index (χ1n) is 6.82. The monoisotopic (exact) mass is 292 g/mol. The molecule has 2 amide bonds. The number of hydrogen-bond acceptors (Lipinski definition) is 3. The fourth-order valence-corrected chi connectivity index (χ4v) is 1.64. The number of carboxylic acids is 1. The van der Waals surface area contributed by atoms with E-state index in [0.717, 1.165) is 6.42 Å². The summed E-state index contributed by atoms with van der Waals surface area (Å²) in [6.07, 6.45) is 1.40. The van der Waals surface area contributed by atoms with Crippen molar-refractivity contribution in [3.63, 3.8) is 0 Å². The highest BCUT2D eigenvalue weighted by Crippen LogP contribution is 2.12. The highest BCUT2D eigenvalue weighted by atomic mass is 16.4. The van der Waals surface area contributed by atoms with Gasteiger partial charge >= 0.3 is 5.97 Å². The summed E-state index contributed by atoms with van der Waals surface area (Å²) in [6.45, 7) is 3.62. The van der Waals surface area contributed by atoms with Crippen LogP contribution in [0, 0.1) is 5.92 Å². The summed E-state index contributed by atoms with van der Waals surface area (Å²) < 4.78 is 0. The molecule has 1 rings (SSSR count). The predicted molar refractivity (Wildman–Crippen MR) is 79.1 cm³/mol. The van der Waals surface area contributed by atoms with Crippen LogP contribution in [0.15, 0.2) is 24.3 Å². The third kappa shape index (κ3) is 6.07. The average molecular weight is 292 g/mol. The van der Waals surface area contributed by atoms with E-state index in [-0.39, 0.29) is 5.91 Å². The summed E-state index contributed by atoms with van der Waals surface area (Å²) in [4.78, 5) is 33.7. The molecule has 0 heterocycles. The first-order valence-corrected chi connectivity index (χ1v) is 6.82. The third-order valence-electron chi connectivity index (χ3n) is 3.06. The second-order valence-corrected chi connectivity index (χ2v) is 4.92. The largest absolute Gasteiger partial charge is 0.480 e. The molecule has 0 aliphatic rings. The van der Waals surface area contributed by atoms with E-state index >= 15 is 0 Å². The fourth-order valence-electron chi connectivity index (χ4n) is 1.64. The normalized spacial score (nSPS) is 11.5. The lowest BCUT2D eigenvalue weighted by Crippen LogP contribution is -2.29. The zero-order valence-corrected chi connectivity index (χ0v) is 12.2. The number of anilines is 1. The summed E-state index contributed by atoms with van der Waals surface area (Å²) in [5, 5.41) is 13.5. The highest BCUT2D eigenvalue weighted by Gasteiger charge is 2.09. The summed E-state index contributed by atoms with van der Waals surface area (Å²) in [7, 11) is 0. The van der Waals surface area contributed by atoms with Gasteiger partial charge < -0.3 is 15.7 Å². The molecule has 6 nitrogen and oxygen atoms in total. The van der Waals surface area contributed by atoms with E-state index in [0.29, 0.717) is 23.6 Å². The van der Waals surface area contributed by atoms with Crippen molar-refractivity contribution in [1.29, 1.82) is 0 Å². The maximum Gasteiger partial charge on any atom is 0.322 e. The van der Waals surface area contributed by atoms with Crippen molar-refractivity contribution < 1.29 is 19.5 Å². The molecule has 0 fully saturated rings. The zero-order chi connectivity index (χ0) is 15.8. The minimum atomic E-state index is -1.10. The third-order valence-corrected chi connectivity index (χ3v) is 3.06. The second-order valence-electron chi connectivity index (χ2n) is 4.92. The second kappa shape index (κ2) is 8.04. The molecule has 6 heteroatoms. The molecule has 114 valence electrons. The van der Waals surface area contributed by atoms with Crippen LogP contribution >= 0.6 is 0 Å². The van der Waals surface area contributed by atoms with Gasteiger partial charge in [0.15, 0.2) is 0 Å². The van der Waals surface area contributed by atoms with Crippen molar-refractivity contribution in [2.24, 2.45) is 5.92 Å². The highest BCUT2D eigenvalue weighted by molar-refractivity contribution is 5.97. The molecule has 0 spiro atoms. The Labute approximate surface area is 123 Å². The zero-order valence-electron chi connectivity index (χ0n) is 12.2. The van der Waals surface area contributed by atoms with Gasteiger partial charge in [-0.25, -0.2) is 0 Å². The van der Waals surface area contributed by atoms with Gasteiger partial charge in [-0.2, -0.15) is 0 Å². The average Bonchev–Trinajstić information content (AvgIpc) is 2.45. The van der Waals surface area contributed by atoms with Crippen LogP contribution in [0.2, 0.25) is 0 Å². The van der Waals surface area contributed by atoms with E-state index in [1.165, 1.54) is 12.1 Å². The van der Waals surface area contributed by atoms with Crippen molar-refractivity contribution in [2.75, 3.05) is 11.9 Å². The molecule has 0 aliphatic heterocycles. The minimum Gasteiger partial charge on any atom is -0.480 e. The van der Waals surface area contributed by atoms with Crippen LogP contribution in [0.5, 0.6) is 0 Å². The maximum absolute atomic E-state index is 11.7. The summed E-state index contributed by atoms with van der Waals surface area (Å²) in [6, 6.07) is 6.31. The predicted octanol–water partition coefficient (Wildman–Crippen LogP) is 1.88. The van der Waals surface area contributed by atoms with Crippen LogP contribution in [0.3, 0.4) is 0 Å². The number of carboxylic acid groups (broad SMARTS) is 1. The van der Waals surface area contributed by atoms with Gasteiger partial charge in [0, 0.05) is 17.7 Å². The molecule has 3 N–H and O–H groups in total. The number of benzene rings is 1. The first-order chi connectivity index (χ1) is 9.92. The van der Waals surface area contributed by atoms with E-state index in [1.807, 2.05) is 13.8 Å². The number of carbonyl (C=O) groups is 3. The van der Waals surface area contributed by atoms with Crippen LogP contribution in [0.4, 0.5) is 5.69 Å². The molecule has 0 aliphatic carbocycles. The van der Waals surface area contributed by atoms with Crippen molar-refractivity contribution >= 4 is 23.5 Å². The number of carbonyl (C=O) groups excluding carboxylic acids is 2. The Hall–Kier alpha value is -2.37. The lowest BCUT2D eigenvalue weighted by atomic mass is 10.0. The fraction of sp³-hybridized carbons (Fsp3) is 0.400. The van der Waals surface area contributed by atoms with E-state index in [1.54, 1.807) is 12.1 Å². The van der Waals surface area contributed by atoms with Crippen molar-refractivity contribution in [2.45, 2.75) is 26.7 Å². The van der Waals surface area contributed by atoms with Gasteiger partial charge in [0.1, 0.15) is 6.54 Å². The number of aliphatic carboxylic acids is 1. The Morgan fingerprint density at radius 3 is 2.33 bits per heavy atom. The molecule has 0 radical (unpaired) electrons. The smallest absolute Gasteiger partial charge is 0.322 e. The number of amides is 2. The van der Waals surface area contributed by atoms with Gasteiger partial charge in [-0.3, -0.25) is 14.4 Å². The van der Waals surface area contributed by atoms with Crippen molar-refractivity contribution in [3.8, 4) is 0 Å². The molecule has 1 aromatic rings. The Bertz CT molecular complexity index is 511. The molecule has 21 heavy (non-hydrogen) atoms. The summed E-state index contributed by atoms with van der Waals surface area (Å²) in [5.41, 5.74) is 0.953. The molecular formula is C15H20N2O4. The minimum absolute atomic E-state index is 0.0626. The SMILES string of the molecule is CCC(C)CC(=O)Nc1ccc(C(=O)NCC(=O)O)cc1. The van der Waals surface area contributed by atoms with E-state index in [4.69, 9.17) is 5.11 Å². The van der Waals surface area contributed by atoms with Crippen molar-refractivity contribution in [3.05, 3.63) is 29.8 Å². The van der Waals surface area contributed by atoms with Gasteiger partial charge in [0.25, 0.3) is 5.91 Å². The van der Waals surface area contributed by atoms with Crippen LogP contribution < -0.4 is 10.6 Å². The molecule has 1 atom stereocenters. The van der Waals surface area contributed by atoms with Crippen LogP contribution in [-0.2, 0) is 9.59 Å². The Balaban J connectivity index is 2.55. The molecule has 0 saturated carbocycles. The van der Waals surface area contributed by atoms with Gasteiger partial charge in [-0.1, -0.05) is 20.3 Å². The van der Waals surface area contributed by atoms with Crippen LogP contribution in [0.1, 0.15) is 37.0 Å². The van der Waals surface area contributed by atoms with Crippen LogP contribution in [-0.4, -0.2) is 29.4 Å². The van der Waals surface area contributed by atoms with Gasteiger partial charge in [0.05, 0.1) is 0 Å². The lowest BCUT2D eigenvalue weighted by molar-refractivity contribution is -0.135. The summed E-state index contributed by atoms with van der Waals surface area (Å²) >= 11 is 0. The molecular weight excluding hydrogens is 272 g/mol. The lowest BCUT2D eigenvalue weighted by Gasteiger charge is -2.09. The van der Waals surface area contributed by atoms with Crippen molar-refractivity contribution in [1.82, 2.24) is 5.32 Å². The summed E-state index contributed by atoms with van der Waals surface area (Å²) in [5.74, 6) is -1.30. The number of nitrogens with one attached hydrogen (secondary N) is 2. The Kier molecular flexibility index (Phi) is 6.39. The standard InChI is InChI=1S/C15H20N2O4/c1-3-10(2)8-13(18)17-12-6-4-11(5-7-12)15(21)16-9-14(19)20/h4-7,10H,3,8-9H2,1-2H3,(H,16,21)(H,17,18)(H,19,20). The molecule has 0 aromatic heterocycles. The maximum atomic E-state index is 11.7. The van der Waals surface area contributed by atoms with Gasteiger partial charge in [0.2, 0.25) is 5.91 Å². The molecule has 0 bridgehead atoms. The van der Waals surface area contributed by atoms with Crippen LogP contribution in [0.25, 0.3) is 0 Å². The molecule has 1 aromatic carbocycles. The number of rotatable bonds is 7. The Morgan fingerprint density at radius 1 is 1.19 bits per heavy atom.